The molecule has 106 valence electrons. The quantitative estimate of drug-likeness (QED) is 0.670. The predicted octanol–water partition coefficient (Wildman–Crippen LogP) is 3.93. The first kappa shape index (κ1) is 14.8. The van der Waals surface area contributed by atoms with Gasteiger partial charge in [-0.3, -0.25) is 10.1 Å². The standard InChI is InChI=1S/C15H12ClN3O2/c16-14-6-3-12(9-15(14)19(20)21)10-18-13-4-1-11(2-5-13)7-8-17/h1-6,9,18H,7,10H2. The number of hydrogen-bond acceptors (Lipinski definition) is 4. The fraction of sp³-hybridized carbons (Fsp3) is 0.133. The van der Waals surface area contributed by atoms with Crippen molar-refractivity contribution in [1.82, 2.24) is 0 Å². The summed E-state index contributed by atoms with van der Waals surface area (Å²) >= 11 is 5.77. The van der Waals surface area contributed by atoms with Gasteiger partial charge in [0.25, 0.3) is 5.69 Å². The summed E-state index contributed by atoms with van der Waals surface area (Å²) in [5.74, 6) is 0. The largest absolute Gasteiger partial charge is 0.381 e. The molecule has 2 rings (SSSR count). The van der Waals surface area contributed by atoms with Crippen LogP contribution in [-0.2, 0) is 13.0 Å². The molecule has 0 aliphatic heterocycles. The van der Waals surface area contributed by atoms with Crippen LogP contribution < -0.4 is 5.32 Å². The molecular weight excluding hydrogens is 290 g/mol. The molecule has 0 amide bonds. The Morgan fingerprint density at radius 3 is 2.48 bits per heavy atom. The maximum absolute atomic E-state index is 10.8. The summed E-state index contributed by atoms with van der Waals surface area (Å²) in [4.78, 5) is 10.3. The van der Waals surface area contributed by atoms with E-state index in [9.17, 15) is 10.1 Å². The minimum absolute atomic E-state index is 0.0969. The van der Waals surface area contributed by atoms with Gasteiger partial charge >= 0.3 is 0 Å². The van der Waals surface area contributed by atoms with E-state index < -0.39 is 4.92 Å². The van der Waals surface area contributed by atoms with Gasteiger partial charge in [0, 0.05) is 18.3 Å². The topological polar surface area (TPSA) is 79.0 Å². The molecule has 0 radical (unpaired) electrons. The van der Waals surface area contributed by atoms with Crippen molar-refractivity contribution in [1.29, 1.82) is 5.26 Å². The van der Waals surface area contributed by atoms with Crippen molar-refractivity contribution >= 4 is 23.0 Å². The lowest BCUT2D eigenvalue weighted by atomic mass is 10.1. The molecule has 0 aliphatic carbocycles. The van der Waals surface area contributed by atoms with Crippen molar-refractivity contribution in [3.63, 3.8) is 0 Å². The van der Waals surface area contributed by atoms with Crippen LogP contribution in [0.1, 0.15) is 11.1 Å². The molecule has 0 saturated heterocycles. The number of anilines is 1. The van der Waals surface area contributed by atoms with Crippen LogP contribution in [0.3, 0.4) is 0 Å². The predicted molar refractivity (Wildman–Crippen MR) is 81.2 cm³/mol. The molecule has 0 unspecified atom stereocenters. The third-order valence-electron chi connectivity index (χ3n) is 2.94. The Kier molecular flexibility index (Phi) is 4.75. The lowest BCUT2D eigenvalue weighted by molar-refractivity contribution is -0.384. The van der Waals surface area contributed by atoms with Crippen molar-refractivity contribution in [2.75, 3.05) is 5.32 Å². The summed E-state index contributed by atoms with van der Waals surface area (Å²) < 4.78 is 0. The number of hydrogen-bond donors (Lipinski definition) is 1. The van der Waals surface area contributed by atoms with E-state index in [0.29, 0.717) is 13.0 Å². The zero-order chi connectivity index (χ0) is 15.2. The maximum Gasteiger partial charge on any atom is 0.288 e. The molecule has 0 aliphatic rings. The molecule has 0 heterocycles. The van der Waals surface area contributed by atoms with Gasteiger partial charge in [-0.05, 0) is 29.3 Å². The van der Waals surface area contributed by atoms with E-state index in [1.165, 1.54) is 12.1 Å². The molecule has 6 heteroatoms. The minimum atomic E-state index is -0.498. The first-order valence-corrected chi connectivity index (χ1v) is 6.60. The highest BCUT2D eigenvalue weighted by Crippen LogP contribution is 2.25. The van der Waals surface area contributed by atoms with E-state index in [2.05, 4.69) is 11.4 Å². The van der Waals surface area contributed by atoms with E-state index >= 15 is 0 Å². The molecule has 5 nitrogen and oxygen atoms in total. The second kappa shape index (κ2) is 6.73. The summed E-state index contributed by atoms with van der Waals surface area (Å²) in [6.07, 6.45) is 0.379. The van der Waals surface area contributed by atoms with Gasteiger partial charge in [0.2, 0.25) is 0 Å². The molecule has 2 aromatic carbocycles. The van der Waals surface area contributed by atoms with Gasteiger partial charge < -0.3 is 5.32 Å². The molecule has 2 aromatic rings. The van der Waals surface area contributed by atoms with Crippen LogP contribution in [0.25, 0.3) is 0 Å². The summed E-state index contributed by atoms with van der Waals surface area (Å²) in [7, 11) is 0. The summed E-state index contributed by atoms with van der Waals surface area (Å²) in [5.41, 5.74) is 2.51. The Morgan fingerprint density at radius 2 is 1.86 bits per heavy atom. The Hall–Kier alpha value is -2.58. The van der Waals surface area contributed by atoms with Gasteiger partial charge in [-0.25, -0.2) is 0 Å². The fourth-order valence-corrected chi connectivity index (χ4v) is 2.03. The molecule has 0 atom stereocenters. The second-order valence-electron chi connectivity index (χ2n) is 4.43. The van der Waals surface area contributed by atoms with Crippen molar-refractivity contribution in [2.45, 2.75) is 13.0 Å². The highest BCUT2D eigenvalue weighted by Gasteiger charge is 2.12. The average Bonchev–Trinajstić information content (AvgIpc) is 2.48. The molecule has 0 fully saturated rings. The molecule has 0 saturated carbocycles. The van der Waals surface area contributed by atoms with Gasteiger partial charge in [-0.2, -0.15) is 5.26 Å². The Balaban J connectivity index is 2.04. The molecule has 1 N–H and O–H groups in total. The highest BCUT2D eigenvalue weighted by atomic mass is 35.5. The minimum Gasteiger partial charge on any atom is -0.381 e. The smallest absolute Gasteiger partial charge is 0.288 e. The van der Waals surface area contributed by atoms with Crippen LogP contribution in [0.5, 0.6) is 0 Å². The number of nitrogens with zero attached hydrogens (tertiary/aromatic N) is 2. The Labute approximate surface area is 126 Å². The first-order chi connectivity index (χ1) is 10.1. The zero-order valence-electron chi connectivity index (χ0n) is 11.0. The van der Waals surface area contributed by atoms with Crippen LogP contribution >= 0.6 is 11.6 Å². The number of benzene rings is 2. The number of rotatable bonds is 5. The lowest BCUT2D eigenvalue weighted by Crippen LogP contribution is -2.00. The number of halogens is 1. The average molecular weight is 302 g/mol. The summed E-state index contributed by atoms with van der Waals surface area (Å²) in [5, 5.41) is 22.7. The fourth-order valence-electron chi connectivity index (χ4n) is 1.84. The van der Waals surface area contributed by atoms with Crippen molar-refractivity contribution in [2.24, 2.45) is 0 Å². The van der Waals surface area contributed by atoms with Crippen LogP contribution in [-0.4, -0.2) is 4.92 Å². The molecule has 21 heavy (non-hydrogen) atoms. The normalized spacial score (nSPS) is 9.90. The van der Waals surface area contributed by atoms with E-state index in [0.717, 1.165) is 16.8 Å². The number of nitriles is 1. The maximum atomic E-state index is 10.8. The van der Waals surface area contributed by atoms with Gasteiger partial charge in [-0.1, -0.05) is 29.8 Å². The van der Waals surface area contributed by atoms with Crippen molar-refractivity contribution < 1.29 is 4.92 Å². The van der Waals surface area contributed by atoms with Gasteiger partial charge in [0.1, 0.15) is 5.02 Å². The van der Waals surface area contributed by atoms with Crippen LogP contribution in [0, 0.1) is 21.4 Å². The van der Waals surface area contributed by atoms with Gasteiger partial charge in [-0.15, -0.1) is 0 Å². The first-order valence-electron chi connectivity index (χ1n) is 6.22. The van der Waals surface area contributed by atoms with Crippen LogP contribution in [0.2, 0.25) is 5.02 Å². The monoisotopic (exact) mass is 301 g/mol. The third kappa shape index (κ3) is 3.94. The summed E-state index contributed by atoms with van der Waals surface area (Å²) in [6.45, 7) is 0.454. The van der Waals surface area contributed by atoms with E-state index in [4.69, 9.17) is 16.9 Å². The molecule has 0 bridgehead atoms. The van der Waals surface area contributed by atoms with Crippen LogP contribution in [0.4, 0.5) is 11.4 Å². The van der Waals surface area contributed by atoms with Crippen molar-refractivity contribution in [3.05, 3.63) is 68.7 Å². The second-order valence-corrected chi connectivity index (χ2v) is 4.84. The van der Waals surface area contributed by atoms with Crippen molar-refractivity contribution in [3.8, 4) is 6.07 Å². The highest BCUT2D eigenvalue weighted by molar-refractivity contribution is 6.32. The summed E-state index contributed by atoms with van der Waals surface area (Å²) in [6, 6.07) is 14.3. The molecule has 0 spiro atoms. The van der Waals surface area contributed by atoms with Gasteiger partial charge in [0.15, 0.2) is 0 Å². The van der Waals surface area contributed by atoms with E-state index in [-0.39, 0.29) is 10.7 Å². The lowest BCUT2D eigenvalue weighted by Gasteiger charge is -2.07. The number of nitro groups is 1. The molecular formula is C15H12ClN3O2. The SMILES string of the molecule is N#CCc1ccc(NCc2ccc(Cl)c([N+](=O)[O-])c2)cc1. The number of nitro benzene ring substituents is 1. The zero-order valence-corrected chi connectivity index (χ0v) is 11.8. The third-order valence-corrected chi connectivity index (χ3v) is 3.26. The van der Waals surface area contributed by atoms with E-state index in [1.54, 1.807) is 6.07 Å². The van der Waals surface area contributed by atoms with E-state index in [1.807, 2.05) is 24.3 Å². The number of nitrogens with one attached hydrogen (secondary N) is 1. The Morgan fingerprint density at radius 1 is 1.19 bits per heavy atom. The molecule has 0 aromatic heterocycles. The van der Waals surface area contributed by atoms with Gasteiger partial charge in [0.05, 0.1) is 17.4 Å². The van der Waals surface area contributed by atoms with Crippen LogP contribution in [0.15, 0.2) is 42.5 Å². The Bertz CT molecular complexity index is 693.